The van der Waals surface area contributed by atoms with Gasteiger partial charge in [0.05, 0.1) is 0 Å². The van der Waals surface area contributed by atoms with E-state index < -0.39 is 0 Å². The van der Waals surface area contributed by atoms with E-state index in [-0.39, 0.29) is 0 Å². The summed E-state index contributed by atoms with van der Waals surface area (Å²) >= 11 is 0. The molecule has 1 heterocycles. The van der Waals surface area contributed by atoms with Gasteiger partial charge in [0.15, 0.2) is 0 Å². The van der Waals surface area contributed by atoms with Gasteiger partial charge >= 0.3 is 60.9 Å². The molecular weight excluding hydrogens is 123 g/mol. The van der Waals surface area contributed by atoms with Crippen LogP contribution in [0.5, 0.6) is 0 Å². The van der Waals surface area contributed by atoms with Gasteiger partial charge in [0.1, 0.15) is 0 Å². The van der Waals surface area contributed by atoms with Crippen molar-refractivity contribution in [2.75, 3.05) is 0 Å². The maximum absolute atomic E-state index is 4.29. The number of nitrogens with zero attached hydrogens (tertiary/aromatic N) is 2. The second-order valence-electron chi connectivity index (χ2n) is 3.00. The Bertz CT molecular complexity index is 186. The zero-order valence-electron chi connectivity index (χ0n) is 6.08. The first-order valence-electron chi connectivity index (χ1n) is 4.05. The molecule has 1 fully saturated rings. The molecule has 0 aromatic heterocycles. The van der Waals surface area contributed by atoms with E-state index in [1.807, 2.05) is 0 Å². The molecule has 2 aliphatic rings. The molecule has 3 heteroatoms. The molecule has 1 atom stereocenters. The molecule has 0 aromatic carbocycles. The van der Waals surface area contributed by atoms with Gasteiger partial charge in [-0.3, -0.25) is 0 Å². The monoisotopic (exact) mass is 134 g/mol. The standard InChI is InChI=1S/C7H11BN2/c1-2-4-6-7(5-3-1)10-8-9-6/h6H,1-5H2. The van der Waals surface area contributed by atoms with Gasteiger partial charge in [0.25, 0.3) is 0 Å². The van der Waals surface area contributed by atoms with Crippen molar-refractivity contribution in [2.45, 2.75) is 38.1 Å². The Morgan fingerprint density at radius 2 is 2.30 bits per heavy atom. The Morgan fingerprint density at radius 1 is 1.30 bits per heavy atom. The average Bonchev–Trinajstić information content (AvgIpc) is 2.28. The first-order chi connectivity index (χ1) is 4.97. The first-order valence-corrected chi connectivity index (χ1v) is 4.05. The molecule has 52 valence electrons. The van der Waals surface area contributed by atoms with E-state index in [1.165, 1.54) is 37.8 Å². The molecule has 0 N–H and O–H groups in total. The van der Waals surface area contributed by atoms with E-state index in [9.17, 15) is 0 Å². The molecule has 1 aliphatic carbocycles. The second-order valence-corrected chi connectivity index (χ2v) is 3.00. The van der Waals surface area contributed by atoms with Crippen LogP contribution in [0.25, 0.3) is 0 Å². The Balaban J connectivity index is 2.11. The van der Waals surface area contributed by atoms with Gasteiger partial charge in [-0.2, -0.15) is 0 Å². The zero-order valence-corrected chi connectivity index (χ0v) is 6.08. The third-order valence-electron chi connectivity index (χ3n) is 2.27. The van der Waals surface area contributed by atoms with Gasteiger partial charge in [0.2, 0.25) is 0 Å². The van der Waals surface area contributed by atoms with E-state index in [1.54, 1.807) is 7.21 Å². The molecule has 2 rings (SSSR count). The van der Waals surface area contributed by atoms with Crippen LogP contribution in [0, 0.1) is 0 Å². The van der Waals surface area contributed by atoms with Crippen molar-refractivity contribution in [2.24, 2.45) is 9.80 Å². The summed E-state index contributed by atoms with van der Waals surface area (Å²) in [6.45, 7) is 0. The fourth-order valence-electron chi connectivity index (χ4n) is 1.65. The van der Waals surface area contributed by atoms with E-state index in [0.29, 0.717) is 6.04 Å². The van der Waals surface area contributed by atoms with Gasteiger partial charge in [-0.15, -0.1) is 0 Å². The van der Waals surface area contributed by atoms with Crippen molar-refractivity contribution in [3.05, 3.63) is 0 Å². The van der Waals surface area contributed by atoms with Crippen LogP contribution >= 0.6 is 0 Å². The van der Waals surface area contributed by atoms with Crippen molar-refractivity contribution >= 4 is 12.9 Å². The molecular formula is C7H11BN2. The van der Waals surface area contributed by atoms with Crippen LogP contribution in [0.2, 0.25) is 0 Å². The summed E-state index contributed by atoms with van der Waals surface area (Å²) in [6.07, 6.45) is 6.44. The summed E-state index contributed by atoms with van der Waals surface area (Å²) in [5.41, 5.74) is 1.33. The summed E-state index contributed by atoms with van der Waals surface area (Å²) in [5.74, 6) is 0. The van der Waals surface area contributed by atoms with Crippen LogP contribution in [-0.2, 0) is 0 Å². The Hall–Kier alpha value is -0.465. The molecule has 0 radical (unpaired) electrons. The van der Waals surface area contributed by atoms with Crippen LogP contribution in [0.15, 0.2) is 9.80 Å². The third-order valence-corrected chi connectivity index (χ3v) is 2.27. The van der Waals surface area contributed by atoms with Gasteiger partial charge < -0.3 is 0 Å². The van der Waals surface area contributed by atoms with Crippen LogP contribution in [0.1, 0.15) is 32.1 Å². The molecule has 0 amide bonds. The summed E-state index contributed by atoms with van der Waals surface area (Å²) in [4.78, 5) is 8.53. The van der Waals surface area contributed by atoms with Crippen molar-refractivity contribution in [3.8, 4) is 0 Å². The van der Waals surface area contributed by atoms with Crippen molar-refractivity contribution < 1.29 is 0 Å². The van der Waals surface area contributed by atoms with E-state index in [0.717, 1.165) is 0 Å². The van der Waals surface area contributed by atoms with Crippen molar-refractivity contribution in [1.82, 2.24) is 0 Å². The molecule has 1 unspecified atom stereocenters. The average molecular weight is 134 g/mol. The van der Waals surface area contributed by atoms with Crippen LogP contribution in [0.3, 0.4) is 0 Å². The Labute approximate surface area is 61.7 Å². The summed E-state index contributed by atoms with van der Waals surface area (Å²) in [7, 11) is 1.73. The predicted molar refractivity (Wildman–Crippen MR) is 42.5 cm³/mol. The molecule has 0 saturated heterocycles. The normalized spacial score (nSPS) is 30.4. The molecule has 0 bridgehead atoms. The van der Waals surface area contributed by atoms with Crippen LogP contribution in [0.4, 0.5) is 0 Å². The SMILES string of the molecule is B1=NC2CCCCCC2=N1. The Kier molecular flexibility index (Phi) is 1.66. The van der Waals surface area contributed by atoms with Crippen molar-refractivity contribution in [1.29, 1.82) is 0 Å². The van der Waals surface area contributed by atoms with Crippen LogP contribution < -0.4 is 0 Å². The third kappa shape index (κ3) is 1.05. The molecule has 10 heavy (non-hydrogen) atoms. The predicted octanol–water partition coefficient (Wildman–Crippen LogP) is 1.58. The van der Waals surface area contributed by atoms with Gasteiger partial charge in [-0.05, 0) is 0 Å². The zero-order chi connectivity index (χ0) is 6.81. The minimum absolute atomic E-state index is 0.475. The first kappa shape index (κ1) is 6.26. The number of rotatable bonds is 0. The van der Waals surface area contributed by atoms with E-state index in [4.69, 9.17) is 0 Å². The minimum atomic E-state index is 0.475. The topological polar surface area (TPSA) is 24.7 Å². The van der Waals surface area contributed by atoms with E-state index >= 15 is 0 Å². The van der Waals surface area contributed by atoms with Crippen LogP contribution in [-0.4, -0.2) is 19.0 Å². The maximum atomic E-state index is 4.29. The quantitative estimate of drug-likeness (QED) is 0.449. The summed E-state index contributed by atoms with van der Waals surface area (Å²) < 4.78 is 0. The fourth-order valence-corrected chi connectivity index (χ4v) is 1.65. The summed E-state index contributed by atoms with van der Waals surface area (Å²) in [5, 5.41) is 0. The molecule has 1 aliphatic heterocycles. The Morgan fingerprint density at radius 3 is 3.30 bits per heavy atom. The second kappa shape index (κ2) is 2.65. The number of hydrogen-bond donors (Lipinski definition) is 0. The summed E-state index contributed by atoms with van der Waals surface area (Å²) in [6, 6.07) is 0.475. The molecule has 2 nitrogen and oxygen atoms in total. The molecule has 1 saturated carbocycles. The number of hydrogen-bond acceptors (Lipinski definition) is 2. The fraction of sp³-hybridized carbons (Fsp3) is 0.857. The molecule has 0 aromatic rings. The van der Waals surface area contributed by atoms with Gasteiger partial charge in [0, 0.05) is 0 Å². The van der Waals surface area contributed by atoms with Crippen molar-refractivity contribution in [3.63, 3.8) is 0 Å². The van der Waals surface area contributed by atoms with Gasteiger partial charge in [-0.1, -0.05) is 0 Å². The van der Waals surface area contributed by atoms with Gasteiger partial charge in [-0.25, -0.2) is 0 Å². The number of fused-ring (bicyclic) bond motifs is 1. The molecule has 0 spiro atoms. The van der Waals surface area contributed by atoms with E-state index in [2.05, 4.69) is 9.80 Å².